The molecular weight excluding hydrogens is 550 g/mol. The van der Waals surface area contributed by atoms with Crippen LogP contribution in [0.5, 0.6) is 0 Å². The molecular formula is C41H29N3O. The number of aryl methyl sites for hydroxylation is 1. The molecule has 10 rings (SSSR count). The lowest BCUT2D eigenvalue weighted by molar-refractivity contribution is 0.669. The van der Waals surface area contributed by atoms with Gasteiger partial charge in [0.2, 0.25) is 0 Å². The number of nitrogens with zero attached hydrogens (tertiary/aromatic N) is 3. The first-order chi connectivity index (χ1) is 22.3. The van der Waals surface area contributed by atoms with Crippen molar-refractivity contribution in [2.24, 2.45) is 0 Å². The molecule has 4 heteroatoms. The van der Waals surface area contributed by atoms with E-state index in [-0.39, 0.29) is 0 Å². The Kier molecular flexibility index (Phi) is 5.20. The highest BCUT2D eigenvalue weighted by Crippen LogP contribution is 2.38. The Bertz CT molecular complexity index is 2550. The van der Waals surface area contributed by atoms with Crippen molar-refractivity contribution in [2.45, 2.75) is 25.7 Å². The summed E-state index contributed by atoms with van der Waals surface area (Å²) in [6.45, 7) is 0. The second-order valence-corrected chi connectivity index (χ2v) is 12.2. The third-order valence-electron chi connectivity index (χ3n) is 9.68. The zero-order valence-corrected chi connectivity index (χ0v) is 24.7. The Morgan fingerprint density at radius 3 is 2.27 bits per heavy atom. The van der Waals surface area contributed by atoms with Gasteiger partial charge in [-0.25, -0.2) is 4.98 Å². The van der Waals surface area contributed by atoms with Crippen LogP contribution in [0.4, 0.5) is 0 Å². The molecule has 0 radical (unpaired) electrons. The number of benzene rings is 4. The Morgan fingerprint density at radius 2 is 1.36 bits per heavy atom. The lowest BCUT2D eigenvalue weighted by Gasteiger charge is -2.13. The minimum atomic E-state index is 0.888. The van der Waals surface area contributed by atoms with Crippen LogP contribution in [0.2, 0.25) is 0 Å². The van der Waals surface area contributed by atoms with E-state index in [2.05, 4.69) is 137 Å². The maximum absolute atomic E-state index is 6.35. The van der Waals surface area contributed by atoms with E-state index < -0.39 is 0 Å². The van der Waals surface area contributed by atoms with E-state index in [0.29, 0.717) is 0 Å². The zero-order chi connectivity index (χ0) is 29.5. The Hall–Kier alpha value is -5.61. The third kappa shape index (κ3) is 3.63. The normalized spacial score (nSPS) is 14.1. The molecule has 0 unspecified atom stereocenters. The van der Waals surface area contributed by atoms with Crippen molar-refractivity contribution < 1.29 is 4.42 Å². The highest BCUT2D eigenvalue weighted by Gasteiger charge is 2.21. The van der Waals surface area contributed by atoms with Crippen molar-refractivity contribution in [3.63, 3.8) is 0 Å². The molecule has 0 spiro atoms. The molecule has 45 heavy (non-hydrogen) atoms. The smallest absolute Gasteiger partial charge is 0.138 e. The van der Waals surface area contributed by atoms with Gasteiger partial charge >= 0.3 is 0 Å². The highest BCUT2D eigenvalue weighted by atomic mass is 16.3. The fourth-order valence-corrected chi connectivity index (χ4v) is 7.67. The molecule has 0 amide bonds. The maximum Gasteiger partial charge on any atom is 0.138 e. The fourth-order valence-electron chi connectivity index (χ4n) is 7.67. The summed E-state index contributed by atoms with van der Waals surface area (Å²) in [6.07, 6.45) is 13.4. The van der Waals surface area contributed by atoms with Gasteiger partial charge in [0.05, 0.1) is 16.7 Å². The molecule has 0 fully saturated rings. The molecule has 0 saturated heterocycles. The van der Waals surface area contributed by atoms with Gasteiger partial charge in [-0.3, -0.25) is 4.57 Å². The summed E-state index contributed by atoms with van der Waals surface area (Å²) in [7, 11) is 0. The third-order valence-corrected chi connectivity index (χ3v) is 9.68. The summed E-state index contributed by atoms with van der Waals surface area (Å²) >= 11 is 0. The molecule has 0 bridgehead atoms. The quantitative estimate of drug-likeness (QED) is 0.209. The number of rotatable bonds is 3. The van der Waals surface area contributed by atoms with Crippen LogP contribution in [0.25, 0.3) is 78.7 Å². The zero-order valence-electron chi connectivity index (χ0n) is 24.7. The van der Waals surface area contributed by atoms with Gasteiger partial charge in [-0.1, -0.05) is 60.7 Å². The van der Waals surface area contributed by atoms with Gasteiger partial charge < -0.3 is 8.98 Å². The van der Waals surface area contributed by atoms with Crippen molar-refractivity contribution in [2.75, 3.05) is 0 Å². The highest BCUT2D eigenvalue weighted by molar-refractivity contribution is 6.07. The largest absolute Gasteiger partial charge is 0.456 e. The lowest BCUT2D eigenvalue weighted by atomic mass is 10.0. The van der Waals surface area contributed by atoms with Gasteiger partial charge in [0.15, 0.2) is 0 Å². The molecule has 2 aliphatic rings. The van der Waals surface area contributed by atoms with Gasteiger partial charge in [-0.2, -0.15) is 0 Å². The number of fused-ring (bicyclic) bond motifs is 9. The monoisotopic (exact) mass is 579 g/mol. The van der Waals surface area contributed by atoms with Crippen molar-refractivity contribution in [3.8, 4) is 22.8 Å². The molecule has 0 atom stereocenters. The van der Waals surface area contributed by atoms with Crippen LogP contribution in [-0.4, -0.2) is 14.1 Å². The van der Waals surface area contributed by atoms with Gasteiger partial charge in [-0.15, -0.1) is 0 Å². The average Bonchev–Trinajstić information content (AvgIpc) is 3.75. The molecule has 2 aliphatic carbocycles. The van der Waals surface area contributed by atoms with Crippen LogP contribution in [-0.2, 0) is 12.8 Å². The van der Waals surface area contributed by atoms with Gasteiger partial charge in [0.1, 0.15) is 17.0 Å². The van der Waals surface area contributed by atoms with E-state index in [1.54, 1.807) is 0 Å². The van der Waals surface area contributed by atoms with Crippen LogP contribution in [0.3, 0.4) is 0 Å². The second-order valence-electron chi connectivity index (χ2n) is 12.2. The molecule has 8 aromatic rings. The maximum atomic E-state index is 6.35. The van der Waals surface area contributed by atoms with Crippen molar-refractivity contribution in [1.29, 1.82) is 0 Å². The molecule has 0 N–H and O–H groups in total. The molecule has 0 saturated carbocycles. The number of furan rings is 1. The van der Waals surface area contributed by atoms with E-state index in [9.17, 15) is 0 Å². The van der Waals surface area contributed by atoms with Crippen molar-refractivity contribution in [3.05, 3.63) is 138 Å². The number of allylic oxidation sites excluding steroid dienone is 2. The predicted octanol–water partition coefficient (Wildman–Crippen LogP) is 10.5. The number of hydrogen-bond donors (Lipinski definition) is 0. The van der Waals surface area contributed by atoms with E-state index in [1.807, 2.05) is 0 Å². The fraction of sp³-hybridized carbons (Fsp3) is 0.0976. The number of pyridine rings is 1. The Morgan fingerprint density at radius 1 is 0.600 bits per heavy atom. The van der Waals surface area contributed by atoms with Crippen molar-refractivity contribution >= 4 is 55.9 Å². The molecule has 4 nitrogen and oxygen atoms in total. The standard InChI is InChI=1S/C41H29N3O/c1-5-15-35-28(10-1)29-11-2-6-16-36(29)43(35)27-21-23-40-33(25-27)32-24-26(20-22-39(32)45-40)34-14-9-19-41(42-34)44-37-17-7-3-12-30(37)31-13-4-8-18-38(31)44/h1,3-7,9-10,12-17,19-25H,2,8,11,18H2. The van der Waals surface area contributed by atoms with Crippen LogP contribution >= 0.6 is 0 Å². The summed E-state index contributed by atoms with van der Waals surface area (Å²) in [5.74, 6) is 0.956. The first-order valence-corrected chi connectivity index (χ1v) is 15.8. The topological polar surface area (TPSA) is 35.9 Å². The number of para-hydroxylation sites is 2. The number of hydrogen-bond acceptors (Lipinski definition) is 2. The molecule has 4 heterocycles. The molecule has 0 aliphatic heterocycles. The minimum Gasteiger partial charge on any atom is -0.456 e. The van der Waals surface area contributed by atoms with Gasteiger partial charge in [0.25, 0.3) is 0 Å². The first kappa shape index (κ1) is 24.8. The lowest BCUT2D eigenvalue weighted by Crippen LogP contribution is -2.05. The number of aromatic nitrogens is 3. The summed E-state index contributed by atoms with van der Waals surface area (Å²) in [5.41, 5.74) is 12.8. The van der Waals surface area contributed by atoms with Crippen LogP contribution in [0, 0.1) is 0 Å². The summed E-state index contributed by atoms with van der Waals surface area (Å²) in [4.78, 5) is 5.25. The van der Waals surface area contributed by atoms with Crippen molar-refractivity contribution in [1.82, 2.24) is 14.1 Å². The second kappa shape index (κ2) is 9.44. The van der Waals surface area contributed by atoms with Gasteiger partial charge in [-0.05, 0) is 98.0 Å². The van der Waals surface area contributed by atoms with E-state index >= 15 is 0 Å². The average molecular weight is 580 g/mol. The van der Waals surface area contributed by atoms with Crippen LogP contribution in [0.1, 0.15) is 35.4 Å². The summed E-state index contributed by atoms with van der Waals surface area (Å²) < 4.78 is 11.1. The molecule has 214 valence electrons. The minimum absolute atomic E-state index is 0.888. The summed E-state index contributed by atoms with van der Waals surface area (Å²) in [5, 5.41) is 4.84. The Labute approximate surface area is 260 Å². The van der Waals surface area contributed by atoms with E-state index in [0.717, 1.165) is 70.4 Å². The first-order valence-electron chi connectivity index (χ1n) is 15.8. The van der Waals surface area contributed by atoms with Crippen LogP contribution in [0.15, 0.2) is 120 Å². The van der Waals surface area contributed by atoms with Crippen LogP contribution < -0.4 is 0 Å². The van der Waals surface area contributed by atoms with E-state index in [1.165, 1.54) is 44.3 Å². The molecule has 4 aromatic carbocycles. The molecule has 4 aromatic heterocycles. The Balaban J connectivity index is 1.13. The van der Waals surface area contributed by atoms with E-state index in [4.69, 9.17) is 9.40 Å². The SMILES string of the molecule is C1=Cc2c(c3ccccc3n2-c2ccc3oc4ccc(-c5cccc(-n6c7c(c8ccccc86)C=CCC7)n5)cc4c3c2)CC1. The predicted molar refractivity (Wildman–Crippen MR) is 185 cm³/mol. The van der Waals surface area contributed by atoms with Gasteiger partial charge in [0, 0.05) is 49.7 Å². The summed E-state index contributed by atoms with van der Waals surface area (Å²) in [6, 6.07) is 36.9.